The van der Waals surface area contributed by atoms with E-state index in [4.69, 9.17) is 4.98 Å². The Morgan fingerprint density at radius 3 is 2.85 bits per heavy atom. The molecule has 0 amide bonds. The Bertz CT molecular complexity index is 920. The van der Waals surface area contributed by atoms with E-state index in [1.54, 1.807) is 18.5 Å². The Morgan fingerprint density at radius 2 is 2.12 bits per heavy atom. The molecule has 1 saturated heterocycles. The number of benzene rings is 1. The van der Waals surface area contributed by atoms with Gasteiger partial charge in [-0.3, -0.25) is 0 Å². The number of aryl methyl sites for hydroxylation is 1. The topological polar surface area (TPSA) is 46.8 Å². The summed E-state index contributed by atoms with van der Waals surface area (Å²) < 4.78 is 15.7. The van der Waals surface area contributed by atoms with Gasteiger partial charge in [0.05, 0.1) is 0 Å². The molecule has 3 aromatic rings. The maximum absolute atomic E-state index is 13.7. The molecule has 26 heavy (non-hydrogen) atoms. The van der Waals surface area contributed by atoms with E-state index in [1.807, 2.05) is 23.9 Å². The van der Waals surface area contributed by atoms with Crippen LogP contribution >= 0.6 is 0 Å². The van der Waals surface area contributed by atoms with Gasteiger partial charge < -0.3 is 9.47 Å². The molecule has 0 radical (unpaired) electrons. The second kappa shape index (κ2) is 6.86. The zero-order valence-electron chi connectivity index (χ0n) is 15.1. The molecule has 134 valence electrons. The summed E-state index contributed by atoms with van der Waals surface area (Å²) in [6.45, 7) is 4.18. The van der Waals surface area contributed by atoms with Gasteiger partial charge in [0, 0.05) is 44.3 Å². The van der Waals surface area contributed by atoms with Gasteiger partial charge in [-0.2, -0.15) is 0 Å². The summed E-state index contributed by atoms with van der Waals surface area (Å²) in [5.74, 6) is 1.82. The van der Waals surface area contributed by atoms with Crippen LogP contribution in [0.1, 0.15) is 19.8 Å². The Morgan fingerprint density at radius 1 is 1.23 bits per heavy atom. The van der Waals surface area contributed by atoms with Crippen molar-refractivity contribution in [1.82, 2.24) is 19.5 Å². The smallest absolute Gasteiger partial charge is 0.226 e. The van der Waals surface area contributed by atoms with E-state index in [1.165, 1.54) is 18.6 Å². The van der Waals surface area contributed by atoms with E-state index < -0.39 is 0 Å². The Hall–Kier alpha value is -2.76. The fourth-order valence-corrected chi connectivity index (χ4v) is 3.53. The van der Waals surface area contributed by atoms with Gasteiger partial charge in [-0.1, -0.05) is 19.1 Å². The van der Waals surface area contributed by atoms with Crippen LogP contribution in [0.2, 0.25) is 0 Å². The first kappa shape index (κ1) is 16.7. The number of anilines is 1. The monoisotopic (exact) mass is 351 g/mol. The highest BCUT2D eigenvalue weighted by molar-refractivity contribution is 5.78. The maximum atomic E-state index is 13.7. The first-order valence-electron chi connectivity index (χ1n) is 8.97. The van der Waals surface area contributed by atoms with E-state index >= 15 is 0 Å². The molecule has 1 aromatic carbocycles. The zero-order chi connectivity index (χ0) is 18.1. The van der Waals surface area contributed by atoms with E-state index in [0.717, 1.165) is 48.1 Å². The predicted molar refractivity (Wildman–Crippen MR) is 100 cm³/mol. The molecule has 0 saturated carbocycles. The average Bonchev–Trinajstić information content (AvgIpc) is 3.07. The van der Waals surface area contributed by atoms with Gasteiger partial charge >= 0.3 is 0 Å². The van der Waals surface area contributed by atoms with Crippen molar-refractivity contribution in [3.8, 4) is 22.6 Å². The SMILES string of the molecule is C[C@@H]1CCCN(c2ncc(-c3cccc(F)c3)c(-c3nccn3C)n2)C1. The number of imidazole rings is 1. The quantitative estimate of drug-likeness (QED) is 0.717. The van der Waals surface area contributed by atoms with Crippen molar-refractivity contribution in [1.29, 1.82) is 0 Å². The lowest BCUT2D eigenvalue weighted by atomic mass is 10.0. The molecule has 1 aliphatic rings. The molecule has 0 bridgehead atoms. The number of piperidine rings is 1. The Labute approximate surface area is 152 Å². The van der Waals surface area contributed by atoms with Crippen LogP contribution < -0.4 is 4.90 Å². The molecule has 0 aliphatic carbocycles. The third-order valence-electron chi connectivity index (χ3n) is 4.88. The summed E-state index contributed by atoms with van der Waals surface area (Å²) in [5.41, 5.74) is 2.26. The molecule has 1 atom stereocenters. The van der Waals surface area contributed by atoms with Crippen LogP contribution in [0.15, 0.2) is 42.9 Å². The molecule has 2 aromatic heterocycles. The molecule has 0 N–H and O–H groups in total. The lowest BCUT2D eigenvalue weighted by Gasteiger charge is -2.31. The standard InChI is InChI=1S/C20H22FN5/c1-14-5-4-9-26(13-14)20-23-12-17(15-6-3-7-16(21)11-15)18(24-20)19-22-8-10-25(19)2/h3,6-8,10-12,14H,4-5,9,13H2,1-2H3/t14-/m1/s1. The molecule has 0 unspecified atom stereocenters. The largest absolute Gasteiger partial charge is 0.341 e. The fraction of sp³-hybridized carbons (Fsp3) is 0.350. The van der Waals surface area contributed by atoms with Crippen LogP contribution in [-0.4, -0.2) is 32.6 Å². The van der Waals surface area contributed by atoms with Gasteiger partial charge in [-0.05, 0) is 36.5 Å². The van der Waals surface area contributed by atoms with Crippen molar-refractivity contribution in [3.05, 3.63) is 48.7 Å². The van der Waals surface area contributed by atoms with Crippen molar-refractivity contribution in [2.75, 3.05) is 18.0 Å². The highest BCUT2D eigenvalue weighted by atomic mass is 19.1. The van der Waals surface area contributed by atoms with E-state index in [9.17, 15) is 4.39 Å². The van der Waals surface area contributed by atoms with E-state index in [-0.39, 0.29) is 5.82 Å². The van der Waals surface area contributed by atoms with E-state index in [0.29, 0.717) is 5.92 Å². The van der Waals surface area contributed by atoms with Crippen molar-refractivity contribution in [2.24, 2.45) is 13.0 Å². The number of rotatable bonds is 3. The summed E-state index contributed by atoms with van der Waals surface area (Å²) >= 11 is 0. The number of hydrogen-bond acceptors (Lipinski definition) is 4. The summed E-state index contributed by atoms with van der Waals surface area (Å²) in [5, 5.41) is 0. The van der Waals surface area contributed by atoms with Crippen LogP contribution in [0.4, 0.5) is 10.3 Å². The molecule has 1 fully saturated rings. The van der Waals surface area contributed by atoms with Gasteiger partial charge in [0.25, 0.3) is 0 Å². The molecule has 0 spiro atoms. The molecule has 6 heteroatoms. The molecule has 3 heterocycles. The van der Waals surface area contributed by atoms with Crippen molar-refractivity contribution < 1.29 is 4.39 Å². The number of hydrogen-bond donors (Lipinski definition) is 0. The van der Waals surface area contributed by atoms with Crippen LogP contribution in [0, 0.1) is 11.7 Å². The van der Waals surface area contributed by atoms with Gasteiger partial charge in [-0.15, -0.1) is 0 Å². The van der Waals surface area contributed by atoms with Crippen molar-refractivity contribution in [2.45, 2.75) is 19.8 Å². The average molecular weight is 351 g/mol. The number of aromatic nitrogens is 4. The zero-order valence-corrected chi connectivity index (χ0v) is 15.1. The van der Waals surface area contributed by atoms with Gasteiger partial charge in [0.2, 0.25) is 5.95 Å². The first-order valence-corrected chi connectivity index (χ1v) is 8.97. The molecule has 4 rings (SSSR count). The van der Waals surface area contributed by atoms with Gasteiger partial charge in [0.15, 0.2) is 5.82 Å². The minimum atomic E-state index is -0.276. The van der Waals surface area contributed by atoms with E-state index in [2.05, 4.69) is 21.8 Å². The summed E-state index contributed by atoms with van der Waals surface area (Å²) in [6.07, 6.45) is 7.81. The van der Waals surface area contributed by atoms with Crippen LogP contribution in [0.25, 0.3) is 22.6 Å². The number of halogens is 1. The summed E-state index contributed by atoms with van der Waals surface area (Å²) in [7, 11) is 1.93. The second-order valence-electron chi connectivity index (χ2n) is 7.00. The molecule has 5 nitrogen and oxygen atoms in total. The normalized spacial score (nSPS) is 17.5. The highest BCUT2D eigenvalue weighted by Crippen LogP contribution is 2.31. The summed E-state index contributed by atoms with van der Waals surface area (Å²) in [4.78, 5) is 16.1. The maximum Gasteiger partial charge on any atom is 0.226 e. The van der Waals surface area contributed by atoms with Crippen LogP contribution in [-0.2, 0) is 7.05 Å². The Kier molecular flexibility index (Phi) is 4.41. The van der Waals surface area contributed by atoms with Crippen molar-refractivity contribution in [3.63, 3.8) is 0 Å². The number of nitrogens with zero attached hydrogens (tertiary/aromatic N) is 5. The highest BCUT2D eigenvalue weighted by Gasteiger charge is 2.22. The third kappa shape index (κ3) is 3.19. The molecular weight excluding hydrogens is 329 g/mol. The predicted octanol–water partition coefficient (Wildman–Crippen LogP) is 3.92. The minimum Gasteiger partial charge on any atom is -0.341 e. The Balaban J connectivity index is 1.83. The third-order valence-corrected chi connectivity index (χ3v) is 4.88. The van der Waals surface area contributed by atoms with Crippen LogP contribution in [0.3, 0.4) is 0 Å². The molecule has 1 aliphatic heterocycles. The lowest BCUT2D eigenvalue weighted by Crippen LogP contribution is -2.35. The first-order chi connectivity index (χ1) is 12.6. The summed E-state index contributed by atoms with van der Waals surface area (Å²) in [6, 6.07) is 6.52. The van der Waals surface area contributed by atoms with Gasteiger partial charge in [0.1, 0.15) is 11.5 Å². The lowest BCUT2D eigenvalue weighted by molar-refractivity contribution is 0.442. The minimum absolute atomic E-state index is 0.276. The van der Waals surface area contributed by atoms with Crippen molar-refractivity contribution >= 4 is 5.95 Å². The van der Waals surface area contributed by atoms with Gasteiger partial charge in [-0.25, -0.2) is 19.3 Å². The fourth-order valence-electron chi connectivity index (χ4n) is 3.53. The second-order valence-corrected chi connectivity index (χ2v) is 7.00. The molecular formula is C20H22FN5. The van der Waals surface area contributed by atoms with Crippen LogP contribution in [0.5, 0.6) is 0 Å².